The van der Waals surface area contributed by atoms with Crippen LogP contribution in [0, 0.1) is 0 Å². The molecule has 1 aliphatic carbocycles. The summed E-state index contributed by atoms with van der Waals surface area (Å²) in [4.78, 5) is 12.9. The van der Waals surface area contributed by atoms with E-state index in [9.17, 15) is 13.2 Å². The summed E-state index contributed by atoms with van der Waals surface area (Å²) in [6.07, 6.45) is 4.91. The SMILES string of the molecule is O=C(NCC1CS(=O)(=O)c2ccccc21)c1ccnn1C1CCC1. The van der Waals surface area contributed by atoms with Crippen LogP contribution in [0.3, 0.4) is 0 Å². The van der Waals surface area contributed by atoms with Crippen molar-refractivity contribution in [2.45, 2.75) is 36.1 Å². The van der Waals surface area contributed by atoms with Crippen LogP contribution in [0.5, 0.6) is 0 Å². The molecule has 0 spiro atoms. The maximum atomic E-state index is 12.5. The first kappa shape index (κ1) is 15.4. The Bertz CT molecular complexity index is 884. The van der Waals surface area contributed by atoms with E-state index in [0.29, 0.717) is 23.2 Å². The van der Waals surface area contributed by atoms with Gasteiger partial charge in [-0.1, -0.05) is 18.2 Å². The number of amides is 1. The molecule has 7 heteroatoms. The van der Waals surface area contributed by atoms with Crippen LogP contribution in [0.1, 0.15) is 47.3 Å². The fraction of sp³-hybridized carbons (Fsp3) is 0.412. The van der Waals surface area contributed by atoms with Crippen molar-refractivity contribution in [1.29, 1.82) is 0 Å². The van der Waals surface area contributed by atoms with Gasteiger partial charge in [0.2, 0.25) is 0 Å². The molecule has 0 bridgehead atoms. The van der Waals surface area contributed by atoms with Gasteiger partial charge in [-0.3, -0.25) is 9.48 Å². The summed E-state index contributed by atoms with van der Waals surface area (Å²) in [5, 5.41) is 7.14. The average molecular weight is 345 g/mol. The van der Waals surface area contributed by atoms with Crippen LogP contribution in [-0.4, -0.2) is 36.4 Å². The van der Waals surface area contributed by atoms with Crippen molar-refractivity contribution in [3.8, 4) is 0 Å². The minimum absolute atomic E-state index is 0.0501. The Hall–Kier alpha value is -2.15. The van der Waals surface area contributed by atoms with Crippen LogP contribution in [-0.2, 0) is 9.84 Å². The predicted molar refractivity (Wildman–Crippen MR) is 88.7 cm³/mol. The van der Waals surface area contributed by atoms with E-state index in [1.165, 1.54) is 6.42 Å². The van der Waals surface area contributed by atoms with Crippen LogP contribution >= 0.6 is 0 Å². The van der Waals surface area contributed by atoms with Gasteiger partial charge in [-0.2, -0.15) is 5.10 Å². The fourth-order valence-corrected chi connectivity index (χ4v) is 5.32. The fourth-order valence-electron chi connectivity index (χ4n) is 3.44. The normalized spacial score (nSPS) is 21.9. The van der Waals surface area contributed by atoms with Crippen molar-refractivity contribution in [1.82, 2.24) is 15.1 Å². The number of benzene rings is 1. The molecule has 2 aliphatic rings. The number of carbonyl (C=O) groups is 1. The summed E-state index contributed by atoms with van der Waals surface area (Å²) < 4.78 is 26.2. The predicted octanol–water partition coefficient (Wildman–Crippen LogP) is 1.91. The second-order valence-corrected chi connectivity index (χ2v) is 8.47. The van der Waals surface area contributed by atoms with Crippen molar-refractivity contribution in [2.75, 3.05) is 12.3 Å². The van der Waals surface area contributed by atoms with Crippen molar-refractivity contribution < 1.29 is 13.2 Å². The standard InChI is InChI=1S/C17H19N3O3S/c21-17(15-8-9-19-20(15)13-4-3-5-13)18-10-12-11-24(22,23)16-7-2-1-6-14(12)16/h1-2,6-9,12-13H,3-5,10-11H2,(H,18,21). The lowest BCUT2D eigenvalue weighted by atomic mass is 9.93. The number of nitrogens with zero attached hydrogens (tertiary/aromatic N) is 2. The van der Waals surface area contributed by atoms with Crippen LogP contribution in [0.25, 0.3) is 0 Å². The molecule has 0 saturated heterocycles. The first-order chi connectivity index (χ1) is 11.6. The van der Waals surface area contributed by atoms with Gasteiger partial charge in [0.05, 0.1) is 16.7 Å². The molecule has 126 valence electrons. The Morgan fingerprint density at radius 3 is 2.79 bits per heavy atom. The lowest BCUT2D eigenvalue weighted by Crippen LogP contribution is -2.32. The van der Waals surface area contributed by atoms with E-state index in [-0.39, 0.29) is 17.6 Å². The van der Waals surface area contributed by atoms with Crippen molar-refractivity contribution in [3.05, 3.63) is 47.8 Å². The number of hydrogen-bond acceptors (Lipinski definition) is 4. The van der Waals surface area contributed by atoms with Crippen LogP contribution in [0.2, 0.25) is 0 Å². The first-order valence-corrected chi connectivity index (χ1v) is 9.85. The van der Waals surface area contributed by atoms with E-state index in [1.807, 2.05) is 12.1 Å². The van der Waals surface area contributed by atoms with E-state index in [1.54, 1.807) is 29.1 Å². The molecule has 4 rings (SSSR count). The summed E-state index contributed by atoms with van der Waals surface area (Å²) in [6, 6.07) is 9.06. The quantitative estimate of drug-likeness (QED) is 0.918. The highest BCUT2D eigenvalue weighted by Crippen LogP contribution is 2.34. The van der Waals surface area contributed by atoms with E-state index in [4.69, 9.17) is 0 Å². The largest absolute Gasteiger partial charge is 0.350 e. The smallest absolute Gasteiger partial charge is 0.269 e. The van der Waals surface area contributed by atoms with Gasteiger partial charge in [0.1, 0.15) is 5.69 Å². The van der Waals surface area contributed by atoms with Gasteiger partial charge in [-0.15, -0.1) is 0 Å². The molecule has 0 radical (unpaired) electrons. The van der Waals surface area contributed by atoms with Gasteiger partial charge in [0.25, 0.3) is 5.91 Å². The highest BCUT2D eigenvalue weighted by Gasteiger charge is 2.34. The van der Waals surface area contributed by atoms with Gasteiger partial charge in [0.15, 0.2) is 9.84 Å². The Balaban J connectivity index is 1.48. The second kappa shape index (κ2) is 5.73. The summed E-state index contributed by atoms with van der Waals surface area (Å²) >= 11 is 0. The Morgan fingerprint density at radius 1 is 1.25 bits per heavy atom. The topological polar surface area (TPSA) is 81.1 Å². The van der Waals surface area contributed by atoms with Crippen LogP contribution in [0.4, 0.5) is 0 Å². The summed E-state index contributed by atoms with van der Waals surface area (Å²) in [6.45, 7) is 0.310. The molecule has 2 heterocycles. The summed E-state index contributed by atoms with van der Waals surface area (Å²) in [5.74, 6) is -0.342. The number of sulfone groups is 1. The minimum atomic E-state index is -3.24. The maximum Gasteiger partial charge on any atom is 0.269 e. The molecule has 1 atom stereocenters. The lowest BCUT2D eigenvalue weighted by Gasteiger charge is -2.27. The van der Waals surface area contributed by atoms with Gasteiger partial charge < -0.3 is 5.32 Å². The minimum Gasteiger partial charge on any atom is -0.350 e. The highest BCUT2D eigenvalue weighted by molar-refractivity contribution is 7.91. The highest BCUT2D eigenvalue weighted by atomic mass is 32.2. The second-order valence-electron chi connectivity index (χ2n) is 6.47. The first-order valence-electron chi connectivity index (χ1n) is 8.19. The summed E-state index contributed by atoms with van der Waals surface area (Å²) in [5.41, 5.74) is 1.35. The van der Waals surface area contributed by atoms with E-state index in [0.717, 1.165) is 18.4 Å². The van der Waals surface area contributed by atoms with Crippen LogP contribution < -0.4 is 5.32 Å². The van der Waals surface area contributed by atoms with E-state index in [2.05, 4.69) is 10.4 Å². The van der Waals surface area contributed by atoms with Gasteiger partial charge in [-0.25, -0.2) is 8.42 Å². The van der Waals surface area contributed by atoms with Crippen molar-refractivity contribution in [2.24, 2.45) is 0 Å². The van der Waals surface area contributed by atoms with Crippen LogP contribution in [0.15, 0.2) is 41.4 Å². The van der Waals surface area contributed by atoms with Crippen molar-refractivity contribution in [3.63, 3.8) is 0 Å². The molecule has 6 nitrogen and oxygen atoms in total. The molecule has 24 heavy (non-hydrogen) atoms. The third-order valence-corrected chi connectivity index (χ3v) is 6.83. The molecular formula is C17H19N3O3S. The molecule has 1 fully saturated rings. The number of hydrogen-bond donors (Lipinski definition) is 1. The molecule has 1 unspecified atom stereocenters. The molecule has 2 aromatic rings. The third kappa shape index (κ3) is 2.53. The Morgan fingerprint density at radius 2 is 2.04 bits per heavy atom. The van der Waals surface area contributed by atoms with Gasteiger partial charge >= 0.3 is 0 Å². The van der Waals surface area contributed by atoms with Crippen molar-refractivity contribution >= 4 is 15.7 Å². The number of carbonyl (C=O) groups excluding carboxylic acids is 1. The molecular weight excluding hydrogens is 326 g/mol. The average Bonchev–Trinajstić information content (AvgIpc) is 3.07. The lowest BCUT2D eigenvalue weighted by molar-refractivity contribution is 0.0933. The van der Waals surface area contributed by atoms with Gasteiger partial charge in [-0.05, 0) is 37.0 Å². The molecule has 1 aliphatic heterocycles. The number of fused-ring (bicyclic) bond motifs is 1. The van der Waals surface area contributed by atoms with E-state index >= 15 is 0 Å². The molecule has 1 saturated carbocycles. The Labute approximate surface area is 140 Å². The van der Waals surface area contributed by atoms with Gasteiger partial charge in [0, 0.05) is 18.7 Å². The number of aromatic nitrogens is 2. The third-order valence-electron chi connectivity index (χ3n) is 4.95. The number of nitrogens with one attached hydrogen (secondary N) is 1. The monoisotopic (exact) mass is 345 g/mol. The van der Waals surface area contributed by atoms with E-state index < -0.39 is 9.84 Å². The molecule has 1 N–H and O–H groups in total. The molecule has 1 aromatic carbocycles. The number of rotatable bonds is 4. The zero-order valence-corrected chi connectivity index (χ0v) is 14.0. The molecule has 1 aromatic heterocycles. The zero-order valence-electron chi connectivity index (χ0n) is 13.2. The maximum absolute atomic E-state index is 12.5. The Kier molecular flexibility index (Phi) is 3.68. The molecule has 1 amide bonds. The zero-order chi connectivity index (χ0) is 16.7. The summed E-state index contributed by atoms with van der Waals surface area (Å²) in [7, 11) is -3.24.